The summed E-state index contributed by atoms with van der Waals surface area (Å²) in [6.45, 7) is 1.09. The van der Waals surface area contributed by atoms with Crippen molar-refractivity contribution >= 4 is 44.7 Å². The molecule has 0 spiro atoms. The SMILES string of the molecule is CCOC(=O)C(CO)NC(=O)c1cc(-c2ccc(-c3cccc(S(C)(=O)=O)c3)s2)n(-c2ccccc2Cl)n1. The van der Waals surface area contributed by atoms with E-state index in [4.69, 9.17) is 16.3 Å². The minimum atomic E-state index is -3.37. The number of hydrogen-bond acceptors (Lipinski definition) is 8. The highest BCUT2D eigenvalue weighted by molar-refractivity contribution is 7.90. The van der Waals surface area contributed by atoms with E-state index in [9.17, 15) is 23.1 Å². The Morgan fingerprint density at radius 1 is 1.11 bits per heavy atom. The number of aliphatic hydroxyl groups is 1. The predicted molar refractivity (Wildman–Crippen MR) is 145 cm³/mol. The average molecular weight is 574 g/mol. The van der Waals surface area contributed by atoms with Crippen LogP contribution < -0.4 is 5.32 Å². The lowest BCUT2D eigenvalue weighted by atomic mass is 10.2. The van der Waals surface area contributed by atoms with Crippen LogP contribution in [-0.4, -0.2) is 60.7 Å². The molecule has 12 heteroatoms. The molecule has 0 saturated heterocycles. The molecular formula is C26H24ClN3O6S2. The van der Waals surface area contributed by atoms with E-state index >= 15 is 0 Å². The van der Waals surface area contributed by atoms with Gasteiger partial charge in [-0.3, -0.25) is 4.79 Å². The van der Waals surface area contributed by atoms with Crippen molar-refractivity contribution < 1.29 is 27.9 Å². The van der Waals surface area contributed by atoms with Gasteiger partial charge in [0.15, 0.2) is 21.6 Å². The zero-order valence-electron chi connectivity index (χ0n) is 20.4. The van der Waals surface area contributed by atoms with Gasteiger partial charge < -0.3 is 15.2 Å². The largest absolute Gasteiger partial charge is 0.464 e. The van der Waals surface area contributed by atoms with E-state index in [1.54, 1.807) is 55.5 Å². The minimum absolute atomic E-state index is 0.00306. The Hall–Kier alpha value is -3.51. The van der Waals surface area contributed by atoms with Gasteiger partial charge in [0, 0.05) is 11.1 Å². The van der Waals surface area contributed by atoms with Gasteiger partial charge in [-0.25, -0.2) is 17.9 Å². The molecule has 2 N–H and O–H groups in total. The molecule has 9 nitrogen and oxygen atoms in total. The van der Waals surface area contributed by atoms with Crippen LogP contribution in [0.25, 0.3) is 26.7 Å². The van der Waals surface area contributed by atoms with Crippen LogP contribution >= 0.6 is 22.9 Å². The lowest BCUT2D eigenvalue weighted by molar-refractivity contribution is -0.146. The Kier molecular flexibility index (Phi) is 8.32. The zero-order chi connectivity index (χ0) is 27.4. The second-order valence-electron chi connectivity index (χ2n) is 8.20. The second kappa shape index (κ2) is 11.5. The molecule has 0 fully saturated rings. The van der Waals surface area contributed by atoms with E-state index < -0.39 is 34.4 Å². The maximum Gasteiger partial charge on any atom is 0.331 e. The number of thiophene rings is 1. The first-order valence-corrected chi connectivity index (χ1v) is 14.5. The smallest absolute Gasteiger partial charge is 0.331 e. The molecule has 4 rings (SSSR count). The summed E-state index contributed by atoms with van der Waals surface area (Å²) in [5.74, 6) is -1.44. The molecule has 38 heavy (non-hydrogen) atoms. The van der Waals surface area contributed by atoms with Gasteiger partial charge >= 0.3 is 5.97 Å². The second-order valence-corrected chi connectivity index (χ2v) is 11.7. The molecule has 0 aliphatic carbocycles. The van der Waals surface area contributed by atoms with Gasteiger partial charge in [-0.1, -0.05) is 35.9 Å². The number of hydrogen-bond donors (Lipinski definition) is 2. The number of para-hydroxylation sites is 1. The van der Waals surface area contributed by atoms with E-state index in [-0.39, 0.29) is 17.2 Å². The van der Waals surface area contributed by atoms with E-state index in [2.05, 4.69) is 10.4 Å². The molecule has 0 radical (unpaired) electrons. The minimum Gasteiger partial charge on any atom is -0.464 e. The number of rotatable bonds is 9. The third-order valence-electron chi connectivity index (χ3n) is 5.49. The van der Waals surface area contributed by atoms with Gasteiger partial charge in [0.1, 0.15) is 0 Å². The third kappa shape index (κ3) is 5.97. The predicted octanol–water partition coefficient (Wildman–Crippen LogP) is 3.98. The summed E-state index contributed by atoms with van der Waals surface area (Å²) >= 11 is 7.83. The van der Waals surface area contributed by atoms with Crippen molar-refractivity contribution in [3.63, 3.8) is 0 Å². The zero-order valence-corrected chi connectivity index (χ0v) is 22.8. The van der Waals surface area contributed by atoms with Crippen LogP contribution in [0.1, 0.15) is 17.4 Å². The summed E-state index contributed by atoms with van der Waals surface area (Å²) in [6.07, 6.45) is 1.16. The Balaban J connectivity index is 1.75. The van der Waals surface area contributed by atoms with Crippen LogP contribution in [0.4, 0.5) is 0 Å². The summed E-state index contributed by atoms with van der Waals surface area (Å²) in [5, 5.41) is 16.9. The topological polar surface area (TPSA) is 128 Å². The number of carbonyl (C=O) groups is 2. The molecule has 2 heterocycles. The molecular weight excluding hydrogens is 550 g/mol. The van der Waals surface area contributed by atoms with Gasteiger partial charge in [0.05, 0.1) is 39.4 Å². The van der Waals surface area contributed by atoms with Gasteiger partial charge in [0.2, 0.25) is 0 Å². The lowest BCUT2D eigenvalue weighted by Gasteiger charge is -2.13. The molecule has 2 aromatic heterocycles. The number of aromatic nitrogens is 2. The van der Waals surface area contributed by atoms with Crippen molar-refractivity contribution in [3.05, 3.63) is 77.4 Å². The standard InChI is InChI=1S/C26H24ClN3O6S2/c1-3-36-26(33)20(15-31)28-25(32)19-14-22(30(29-19)21-10-5-4-9-18(21)27)24-12-11-23(37-24)16-7-6-8-17(13-16)38(2,34)35/h4-14,20,31H,3,15H2,1-2H3,(H,28,32). The van der Waals surface area contributed by atoms with Crippen LogP contribution in [0.15, 0.2) is 71.6 Å². The highest BCUT2D eigenvalue weighted by Crippen LogP contribution is 2.37. The molecule has 0 aliphatic heterocycles. The monoisotopic (exact) mass is 573 g/mol. The van der Waals surface area contributed by atoms with Crippen molar-refractivity contribution in [1.29, 1.82) is 0 Å². The number of nitrogens with one attached hydrogen (secondary N) is 1. The number of sulfone groups is 1. The van der Waals surface area contributed by atoms with Crippen molar-refractivity contribution in [1.82, 2.24) is 15.1 Å². The van der Waals surface area contributed by atoms with Gasteiger partial charge in [-0.05, 0) is 55.0 Å². The Morgan fingerprint density at radius 2 is 1.84 bits per heavy atom. The summed E-state index contributed by atoms with van der Waals surface area (Å²) in [6, 6.07) is 17.7. The van der Waals surface area contributed by atoms with Crippen molar-refractivity contribution in [2.45, 2.75) is 17.9 Å². The fourth-order valence-corrected chi connectivity index (χ4v) is 5.53. The van der Waals surface area contributed by atoms with E-state index in [1.165, 1.54) is 16.0 Å². The van der Waals surface area contributed by atoms with Crippen molar-refractivity contribution in [2.24, 2.45) is 0 Å². The normalized spacial score (nSPS) is 12.2. The van der Waals surface area contributed by atoms with Crippen LogP contribution in [0, 0.1) is 0 Å². The van der Waals surface area contributed by atoms with Gasteiger partial charge in [-0.15, -0.1) is 11.3 Å². The molecule has 0 aliphatic rings. The Morgan fingerprint density at radius 3 is 2.53 bits per heavy atom. The number of carbonyl (C=O) groups excluding carboxylic acids is 2. The number of ether oxygens (including phenoxy) is 1. The summed E-state index contributed by atoms with van der Waals surface area (Å²) in [4.78, 5) is 26.8. The van der Waals surface area contributed by atoms with Gasteiger partial charge in [-0.2, -0.15) is 5.10 Å². The Bertz CT molecular complexity index is 1600. The first-order chi connectivity index (χ1) is 18.1. The molecule has 2 aromatic carbocycles. The Labute approximate surface area is 228 Å². The number of nitrogens with zero attached hydrogens (tertiary/aromatic N) is 2. The van der Waals surface area contributed by atoms with E-state index in [1.807, 2.05) is 18.2 Å². The van der Waals surface area contributed by atoms with Crippen LogP contribution in [-0.2, 0) is 19.4 Å². The van der Waals surface area contributed by atoms with Crippen molar-refractivity contribution in [3.8, 4) is 26.7 Å². The quantitative estimate of drug-likeness (QED) is 0.290. The number of benzene rings is 2. The molecule has 1 amide bonds. The van der Waals surface area contributed by atoms with E-state index in [0.29, 0.717) is 16.4 Å². The maximum atomic E-state index is 13.0. The molecule has 0 saturated carbocycles. The fraction of sp³-hybridized carbons (Fsp3) is 0.192. The molecule has 198 valence electrons. The lowest BCUT2D eigenvalue weighted by Crippen LogP contribution is -2.44. The first kappa shape index (κ1) is 27.5. The van der Waals surface area contributed by atoms with Crippen LogP contribution in [0.2, 0.25) is 5.02 Å². The molecule has 1 atom stereocenters. The number of esters is 1. The first-order valence-electron chi connectivity index (χ1n) is 11.5. The third-order valence-corrected chi connectivity index (χ3v) is 8.07. The number of amides is 1. The average Bonchev–Trinajstić information content (AvgIpc) is 3.55. The fourth-order valence-electron chi connectivity index (χ4n) is 3.64. The highest BCUT2D eigenvalue weighted by Gasteiger charge is 2.25. The van der Waals surface area contributed by atoms with E-state index in [0.717, 1.165) is 21.6 Å². The molecule has 4 aromatic rings. The highest BCUT2D eigenvalue weighted by atomic mass is 35.5. The summed E-state index contributed by atoms with van der Waals surface area (Å²) in [5.41, 5.74) is 1.81. The number of halogens is 1. The van der Waals surface area contributed by atoms with Gasteiger partial charge in [0.25, 0.3) is 5.91 Å². The van der Waals surface area contributed by atoms with Crippen LogP contribution in [0.5, 0.6) is 0 Å². The summed E-state index contributed by atoms with van der Waals surface area (Å²) < 4.78 is 30.5. The maximum absolute atomic E-state index is 13.0. The van der Waals surface area contributed by atoms with Crippen molar-refractivity contribution in [2.75, 3.05) is 19.5 Å². The molecule has 0 bridgehead atoms. The summed E-state index contributed by atoms with van der Waals surface area (Å²) in [7, 11) is -3.37. The molecule has 1 unspecified atom stereocenters. The number of aliphatic hydroxyl groups excluding tert-OH is 1. The van der Waals surface area contributed by atoms with Crippen LogP contribution in [0.3, 0.4) is 0 Å².